The Morgan fingerprint density at radius 3 is 2.22 bits per heavy atom. The molecule has 0 spiro atoms. The molecule has 0 saturated heterocycles. The fraction of sp³-hybridized carbons (Fsp3) is 1.00. The Kier molecular flexibility index (Phi) is 7.92. The fourth-order valence-corrected chi connectivity index (χ4v) is 2.84. The van der Waals surface area contributed by atoms with Gasteiger partial charge < -0.3 is 10.1 Å². The lowest BCUT2D eigenvalue weighted by molar-refractivity contribution is 0.0125. The van der Waals surface area contributed by atoms with Crippen LogP contribution in [0.1, 0.15) is 66.2 Å². The summed E-state index contributed by atoms with van der Waals surface area (Å²) in [7, 11) is 0. The van der Waals surface area contributed by atoms with Gasteiger partial charge in [-0.3, -0.25) is 0 Å². The molecule has 0 amide bonds. The number of hydrogen-bond acceptors (Lipinski definition) is 2. The van der Waals surface area contributed by atoms with Gasteiger partial charge in [-0.15, -0.1) is 0 Å². The normalized spacial score (nSPS) is 19.2. The molecule has 0 heterocycles. The van der Waals surface area contributed by atoms with Gasteiger partial charge in [0.25, 0.3) is 0 Å². The van der Waals surface area contributed by atoms with Crippen LogP contribution in [0, 0.1) is 11.8 Å². The van der Waals surface area contributed by atoms with Gasteiger partial charge in [-0.1, -0.05) is 33.6 Å². The van der Waals surface area contributed by atoms with Crippen molar-refractivity contribution in [3.05, 3.63) is 0 Å². The summed E-state index contributed by atoms with van der Waals surface area (Å²) >= 11 is 0. The standard InChI is InChI=1S/C16H33NO/c1-5-11-17-15(12-13(6-2)7-3)16(18-8-4)14-9-10-14/h13-17H,5-12H2,1-4H3. The van der Waals surface area contributed by atoms with Crippen LogP contribution in [0.15, 0.2) is 0 Å². The summed E-state index contributed by atoms with van der Waals surface area (Å²) < 4.78 is 6.05. The lowest BCUT2D eigenvalue weighted by Crippen LogP contribution is -2.44. The SMILES string of the molecule is CCCNC(CC(CC)CC)C(OCC)C1CC1. The van der Waals surface area contributed by atoms with Gasteiger partial charge in [0, 0.05) is 12.6 Å². The summed E-state index contributed by atoms with van der Waals surface area (Å²) in [5, 5.41) is 3.75. The van der Waals surface area contributed by atoms with Crippen molar-refractivity contribution in [3.63, 3.8) is 0 Å². The van der Waals surface area contributed by atoms with Crippen molar-refractivity contribution in [2.75, 3.05) is 13.2 Å². The maximum Gasteiger partial charge on any atom is 0.0756 e. The van der Waals surface area contributed by atoms with E-state index in [2.05, 4.69) is 33.0 Å². The van der Waals surface area contributed by atoms with Gasteiger partial charge in [0.2, 0.25) is 0 Å². The van der Waals surface area contributed by atoms with E-state index >= 15 is 0 Å². The minimum absolute atomic E-state index is 0.460. The minimum atomic E-state index is 0.460. The molecule has 18 heavy (non-hydrogen) atoms. The van der Waals surface area contributed by atoms with E-state index in [0.717, 1.165) is 25.0 Å². The maximum atomic E-state index is 6.05. The molecule has 2 unspecified atom stereocenters. The second-order valence-electron chi connectivity index (χ2n) is 5.74. The van der Waals surface area contributed by atoms with Crippen LogP contribution in [-0.2, 0) is 4.74 Å². The highest BCUT2D eigenvalue weighted by molar-refractivity contribution is 4.91. The molecule has 1 saturated carbocycles. The molecule has 0 aliphatic heterocycles. The summed E-state index contributed by atoms with van der Waals surface area (Å²) in [6, 6.07) is 0.572. The van der Waals surface area contributed by atoms with Crippen LogP contribution >= 0.6 is 0 Å². The molecule has 0 bridgehead atoms. The van der Waals surface area contributed by atoms with Crippen LogP contribution in [0.25, 0.3) is 0 Å². The maximum absolute atomic E-state index is 6.05. The number of rotatable bonds is 11. The molecule has 2 heteroatoms. The Bertz CT molecular complexity index is 199. The minimum Gasteiger partial charge on any atom is -0.377 e. The molecular formula is C16H33NO. The number of nitrogens with one attached hydrogen (secondary N) is 1. The molecule has 1 rings (SSSR count). The average Bonchev–Trinajstić information content (AvgIpc) is 3.21. The molecule has 0 aromatic rings. The van der Waals surface area contributed by atoms with Crippen LogP contribution in [0.4, 0.5) is 0 Å². The Labute approximate surface area is 114 Å². The number of hydrogen-bond donors (Lipinski definition) is 1. The molecule has 0 aromatic heterocycles. The lowest BCUT2D eigenvalue weighted by atomic mass is 9.90. The topological polar surface area (TPSA) is 21.3 Å². The highest BCUT2D eigenvalue weighted by atomic mass is 16.5. The molecule has 1 fully saturated rings. The van der Waals surface area contributed by atoms with E-state index in [0.29, 0.717) is 12.1 Å². The van der Waals surface area contributed by atoms with Crippen molar-refractivity contribution >= 4 is 0 Å². The monoisotopic (exact) mass is 255 g/mol. The highest BCUT2D eigenvalue weighted by Gasteiger charge is 2.37. The zero-order valence-corrected chi connectivity index (χ0v) is 12.9. The second kappa shape index (κ2) is 8.92. The predicted molar refractivity (Wildman–Crippen MR) is 78.9 cm³/mol. The van der Waals surface area contributed by atoms with Crippen LogP contribution in [0.2, 0.25) is 0 Å². The molecule has 0 aromatic carbocycles. The zero-order chi connectivity index (χ0) is 13.4. The van der Waals surface area contributed by atoms with Crippen LogP contribution in [0.5, 0.6) is 0 Å². The quantitative estimate of drug-likeness (QED) is 0.602. The molecule has 1 aliphatic carbocycles. The van der Waals surface area contributed by atoms with Gasteiger partial charge in [0.05, 0.1) is 6.10 Å². The Morgan fingerprint density at radius 2 is 1.78 bits per heavy atom. The van der Waals surface area contributed by atoms with E-state index in [1.165, 1.54) is 38.5 Å². The van der Waals surface area contributed by atoms with E-state index < -0.39 is 0 Å². The molecular weight excluding hydrogens is 222 g/mol. The second-order valence-corrected chi connectivity index (χ2v) is 5.74. The van der Waals surface area contributed by atoms with E-state index in [4.69, 9.17) is 4.74 Å². The Hall–Kier alpha value is -0.0800. The van der Waals surface area contributed by atoms with E-state index in [-0.39, 0.29) is 0 Å². The summed E-state index contributed by atoms with van der Waals surface area (Å²) in [5.74, 6) is 1.68. The first kappa shape index (κ1) is 16.0. The van der Waals surface area contributed by atoms with Crippen molar-refractivity contribution < 1.29 is 4.74 Å². The summed E-state index contributed by atoms with van der Waals surface area (Å²) in [4.78, 5) is 0. The van der Waals surface area contributed by atoms with E-state index in [1.54, 1.807) is 0 Å². The van der Waals surface area contributed by atoms with Gasteiger partial charge in [-0.2, -0.15) is 0 Å². The molecule has 1 N–H and O–H groups in total. The van der Waals surface area contributed by atoms with Crippen molar-refractivity contribution in [1.82, 2.24) is 5.32 Å². The third kappa shape index (κ3) is 5.27. The third-order valence-electron chi connectivity index (χ3n) is 4.24. The largest absolute Gasteiger partial charge is 0.377 e. The fourth-order valence-electron chi connectivity index (χ4n) is 2.84. The van der Waals surface area contributed by atoms with Crippen molar-refractivity contribution in [1.29, 1.82) is 0 Å². The summed E-state index contributed by atoms with van der Waals surface area (Å²) in [5.41, 5.74) is 0. The molecule has 0 radical (unpaired) electrons. The van der Waals surface area contributed by atoms with Gasteiger partial charge in [0.1, 0.15) is 0 Å². The first-order chi connectivity index (χ1) is 8.76. The van der Waals surface area contributed by atoms with Gasteiger partial charge in [0.15, 0.2) is 0 Å². The highest BCUT2D eigenvalue weighted by Crippen LogP contribution is 2.37. The molecule has 108 valence electrons. The van der Waals surface area contributed by atoms with Gasteiger partial charge in [-0.05, 0) is 51.0 Å². The van der Waals surface area contributed by atoms with E-state index in [9.17, 15) is 0 Å². The van der Waals surface area contributed by atoms with Crippen molar-refractivity contribution in [2.24, 2.45) is 11.8 Å². The third-order valence-corrected chi connectivity index (χ3v) is 4.24. The molecule has 2 nitrogen and oxygen atoms in total. The number of ether oxygens (including phenoxy) is 1. The van der Waals surface area contributed by atoms with Gasteiger partial charge in [-0.25, -0.2) is 0 Å². The zero-order valence-electron chi connectivity index (χ0n) is 12.9. The molecule has 1 aliphatic rings. The summed E-state index contributed by atoms with van der Waals surface area (Å²) in [6.45, 7) is 11.0. The van der Waals surface area contributed by atoms with E-state index in [1.807, 2.05) is 0 Å². The first-order valence-corrected chi connectivity index (χ1v) is 8.11. The summed E-state index contributed by atoms with van der Waals surface area (Å²) in [6.07, 6.45) is 8.30. The van der Waals surface area contributed by atoms with Crippen molar-refractivity contribution in [3.8, 4) is 0 Å². The first-order valence-electron chi connectivity index (χ1n) is 8.11. The molecule has 2 atom stereocenters. The van der Waals surface area contributed by atoms with Crippen molar-refractivity contribution in [2.45, 2.75) is 78.4 Å². The van der Waals surface area contributed by atoms with Crippen LogP contribution in [0.3, 0.4) is 0 Å². The lowest BCUT2D eigenvalue weighted by Gasteiger charge is -2.31. The smallest absolute Gasteiger partial charge is 0.0756 e. The predicted octanol–water partition coefficient (Wildman–Crippen LogP) is 4.00. The van der Waals surface area contributed by atoms with Gasteiger partial charge >= 0.3 is 0 Å². The Balaban J connectivity index is 2.55. The average molecular weight is 255 g/mol. The van der Waals surface area contributed by atoms with Crippen LogP contribution < -0.4 is 5.32 Å². The Morgan fingerprint density at radius 1 is 1.11 bits per heavy atom. The van der Waals surface area contributed by atoms with Crippen LogP contribution in [-0.4, -0.2) is 25.3 Å².